The van der Waals surface area contributed by atoms with E-state index in [1.807, 2.05) is 37.0 Å². The van der Waals surface area contributed by atoms with Crippen LogP contribution in [0.5, 0.6) is 0 Å². The molecule has 0 aliphatic heterocycles. The van der Waals surface area contributed by atoms with Gasteiger partial charge in [-0.05, 0) is 30.4 Å². The monoisotopic (exact) mass is 291 g/mol. The quantitative estimate of drug-likeness (QED) is 0.789. The molecule has 1 aliphatic rings. The highest BCUT2D eigenvalue weighted by Crippen LogP contribution is 2.35. The van der Waals surface area contributed by atoms with Crippen molar-refractivity contribution in [1.29, 1.82) is 0 Å². The van der Waals surface area contributed by atoms with Crippen LogP contribution in [0.1, 0.15) is 58.1 Å². The van der Waals surface area contributed by atoms with Gasteiger partial charge in [0.1, 0.15) is 0 Å². The third-order valence-corrected chi connectivity index (χ3v) is 3.65. The lowest BCUT2D eigenvalue weighted by molar-refractivity contribution is 0.642. The molecule has 0 N–H and O–H groups in total. The van der Waals surface area contributed by atoms with Gasteiger partial charge in [0.15, 0.2) is 0 Å². The zero-order valence-electron chi connectivity index (χ0n) is 12.6. The van der Waals surface area contributed by atoms with Crippen LogP contribution in [0.15, 0.2) is 24.7 Å². The van der Waals surface area contributed by atoms with Crippen molar-refractivity contribution in [3.63, 3.8) is 0 Å². The van der Waals surface area contributed by atoms with Crippen LogP contribution >= 0.6 is 11.6 Å². The van der Waals surface area contributed by atoms with E-state index in [2.05, 4.69) is 30.1 Å². The minimum Gasteiger partial charge on any atom is -0.269 e. The summed E-state index contributed by atoms with van der Waals surface area (Å²) in [6, 6.07) is 2.54. The van der Waals surface area contributed by atoms with Crippen LogP contribution < -0.4 is 0 Å². The van der Waals surface area contributed by atoms with Crippen LogP contribution in [0, 0.1) is 0 Å². The van der Waals surface area contributed by atoms with Crippen LogP contribution in [0.3, 0.4) is 0 Å². The molecule has 0 atom stereocenters. The molecule has 2 aromatic rings. The molecular formula is C16H22ClN3. The van der Waals surface area contributed by atoms with E-state index in [1.165, 1.54) is 12.8 Å². The van der Waals surface area contributed by atoms with Crippen molar-refractivity contribution < 1.29 is 0 Å². The summed E-state index contributed by atoms with van der Waals surface area (Å²) in [5.41, 5.74) is 3.03. The first-order valence-corrected chi connectivity index (χ1v) is 7.73. The maximum Gasteiger partial charge on any atom is 0.0748 e. The van der Waals surface area contributed by atoms with Gasteiger partial charge < -0.3 is 0 Å². The summed E-state index contributed by atoms with van der Waals surface area (Å²) < 4.78 is 2.03. The number of rotatable bonds is 3. The summed E-state index contributed by atoms with van der Waals surface area (Å²) in [6.07, 6.45) is 8.28. The Morgan fingerprint density at radius 1 is 1.25 bits per heavy atom. The van der Waals surface area contributed by atoms with Crippen molar-refractivity contribution in [2.24, 2.45) is 0 Å². The Balaban J connectivity index is 0.000000704. The number of nitrogens with zero attached hydrogens (tertiary/aromatic N) is 3. The Morgan fingerprint density at radius 2 is 1.95 bits per heavy atom. The van der Waals surface area contributed by atoms with E-state index in [4.69, 9.17) is 11.6 Å². The predicted molar refractivity (Wildman–Crippen MR) is 84.2 cm³/mol. The zero-order chi connectivity index (χ0) is 14.7. The highest BCUT2D eigenvalue weighted by molar-refractivity contribution is 6.31. The van der Waals surface area contributed by atoms with Gasteiger partial charge in [0.05, 0.1) is 17.9 Å². The molecule has 0 spiro atoms. The van der Waals surface area contributed by atoms with Crippen molar-refractivity contribution in [1.82, 2.24) is 14.8 Å². The molecule has 1 aliphatic carbocycles. The van der Waals surface area contributed by atoms with Gasteiger partial charge in [0.25, 0.3) is 0 Å². The normalized spacial score (nSPS) is 14.1. The molecule has 108 valence electrons. The molecule has 1 fully saturated rings. The lowest BCUT2D eigenvalue weighted by atomic mass is 10.0. The summed E-state index contributed by atoms with van der Waals surface area (Å²) in [5.74, 6) is 0.397. The number of hydrogen-bond donors (Lipinski definition) is 0. The molecule has 4 heteroatoms. The highest BCUT2D eigenvalue weighted by Gasteiger charge is 2.24. The van der Waals surface area contributed by atoms with Gasteiger partial charge in [-0.15, -0.1) is 0 Å². The third kappa shape index (κ3) is 3.21. The highest BCUT2D eigenvalue weighted by atomic mass is 35.5. The largest absolute Gasteiger partial charge is 0.269 e. The second-order valence-electron chi connectivity index (χ2n) is 5.19. The summed E-state index contributed by atoms with van der Waals surface area (Å²) in [7, 11) is 0. The molecule has 0 amide bonds. The lowest BCUT2D eigenvalue weighted by Gasteiger charge is -2.08. The molecule has 0 radical (unpaired) electrons. The second kappa shape index (κ2) is 6.40. The predicted octanol–water partition coefficient (Wildman–Crippen LogP) is 5.08. The number of aromatic nitrogens is 3. The average Bonchev–Trinajstić information content (AvgIpc) is 3.18. The molecule has 2 aromatic heterocycles. The molecule has 1 saturated carbocycles. The van der Waals surface area contributed by atoms with E-state index in [1.54, 1.807) is 0 Å². The van der Waals surface area contributed by atoms with Gasteiger partial charge in [-0.2, -0.15) is 5.10 Å². The van der Waals surface area contributed by atoms with Gasteiger partial charge in [-0.25, -0.2) is 0 Å². The fourth-order valence-corrected chi connectivity index (χ4v) is 2.40. The Bertz CT molecular complexity index is 571. The first-order chi connectivity index (χ1) is 9.65. The Hall–Kier alpha value is -1.35. The van der Waals surface area contributed by atoms with Gasteiger partial charge in [0.2, 0.25) is 0 Å². The van der Waals surface area contributed by atoms with E-state index in [-0.39, 0.29) is 0 Å². The van der Waals surface area contributed by atoms with E-state index < -0.39 is 0 Å². The van der Waals surface area contributed by atoms with Crippen molar-refractivity contribution >= 4 is 11.6 Å². The fourth-order valence-electron chi connectivity index (χ4n) is 2.03. The average molecular weight is 292 g/mol. The van der Waals surface area contributed by atoms with Crippen LogP contribution in [-0.4, -0.2) is 14.8 Å². The number of hydrogen-bond acceptors (Lipinski definition) is 2. The van der Waals surface area contributed by atoms with Gasteiger partial charge in [0, 0.05) is 23.0 Å². The van der Waals surface area contributed by atoms with Crippen molar-refractivity contribution in [3.8, 4) is 11.3 Å². The summed E-state index contributed by atoms with van der Waals surface area (Å²) in [6.45, 7) is 8.24. The van der Waals surface area contributed by atoms with Crippen molar-refractivity contribution in [3.05, 3.63) is 35.2 Å². The molecule has 0 saturated heterocycles. The first-order valence-electron chi connectivity index (χ1n) is 7.35. The molecule has 3 rings (SSSR count). The molecule has 3 nitrogen and oxygen atoms in total. The standard InChI is InChI=1S/C14H16ClN3.C2H6/c1-9(2)12-7-16-14(5-13(12)15)10-6-17-18(8-10)11-3-4-11;1-2/h5-9,11H,3-4H2,1-2H3;1-2H3. The zero-order valence-corrected chi connectivity index (χ0v) is 13.4. The molecule has 20 heavy (non-hydrogen) atoms. The lowest BCUT2D eigenvalue weighted by Crippen LogP contribution is -1.93. The Morgan fingerprint density at radius 3 is 2.50 bits per heavy atom. The second-order valence-corrected chi connectivity index (χ2v) is 5.59. The summed E-state index contributed by atoms with van der Waals surface area (Å²) >= 11 is 6.29. The topological polar surface area (TPSA) is 30.7 Å². The smallest absolute Gasteiger partial charge is 0.0748 e. The summed E-state index contributed by atoms with van der Waals surface area (Å²) in [5, 5.41) is 5.16. The Labute approximate surface area is 126 Å². The summed E-state index contributed by atoms with van der Waals surface area (Å²) in [4.78, 5) is 4.49. The number of pyridine rings is 1. The Kier molecular flexibility index (Phi) is 4.81. The maximum atomic E-state index is 6.29. The SMILES string of the molecule is CC.CC(C)c1cnc(-c2cnn(C3CC3)c2)cc1Cl. The van der Waals surface area contributed by atoms with Gasteiger partial charge >= 0.3 is 0 Å². The van der Waals surface area contributed by atoms with E-state index in [9.17, 15) is 0 Å². The minimum atomic E-state index is 0.397. The minimum absolute atomic E-state index is 0.397. The maximum absolute atomic E-state index is 6.29. The fraction of sp³-hybridized carbons (Fsp3) is 0.500. The van der Waals surface area contributed by atoms with E-state index in [0.717, 1.165) is 21.8 Å². The third-order valence-electron chi connectivity index (χ3n) is 3.32. The van der Waals surface area contributed by atoms with Crippen LogP contribution in [0.2, 0.25) is 5.02 Å². The van der Waals surface area contributed by atoms with Crippen molar-refractivity contribution in [2.45, 2.75) is 52.5 Å². The molecule has 0 unspecified atom stereocenters. The van der Waals surface area contributed by atoms with Crippen LogP contribution in [-0.2, 0) is 0 Å². The van der Waals surface area contributed by atoms with Gasteiger partial charge in [-0.1, -0.05) is 39.3 Å². The van der Waals surface area contributed by atoms with E-state index >= 15 is 0 Å². The van der Waals surface area contributed by atoms with Gasteiger partial charge in [-0.3, -0.25) is 9.67 Å². The van der Waals surface area contributed by atoms with Crippen molar-refractivity contribution in [2.75, 3.05) is 0 Å². The molecule has 0 aromatic carbocycles. The van der Waals surface area contributed by atoms with Crippen LogP contribution in [0.25, 0.3) is 11.3 Å². The first kappa shape index (κ1) is 15.0. The molecule has 2 heterocycles. The molecular weight excluding hydrogens is 270 g/mol. The molecule has 0 bridgehead atoms. The van der Waals surface area contributed by atoms with Crippen LogP contribution in [0.4, 0.5) is 0 Å². The van der Waals surface area contributed by atoms with E-state index in [0.29, 0.717) is 12.0 Å². The number of halogens is 1.